The van der Waals surface area contributed by atoms with E-state index in [9.17, 15) is 0 Å². The molecule has 4 heteroatoms. The minimum atomic E-state index is -0.245. The molecule has 0 spiro atoms. The Morgan fingerprint density at radius 2 is 1.35 bits per heavy atom. The summed E-state index contributed by atoms with van der Waals surface area (Å²) in [5.41, 5.74) is 13.3. The van der Waals surface area contributed by atoms with Crippen LogP contribution < -0.4 is 15.3 Å². The molecular formula is C51H35N3S. The van der Waals surface area contributed by atoms with Crippen LogP contribution in [0.3, 0.4) is 0 Å². The first-order chi connectivity index (χ1) is 27.1. The Bertz CT molecular complexity index is 3280. The molecule has 260 valence electrons. The number of hydrogen-bond acceptors (Lipinski definition) is 4. The van der Waals surface area contributed by atoms with Crippen LogP contribution in [0.4, 0.5) is 5.69 Å². The second-order valence-electron chi connectivity index (χ2n) is 15.4. The maximum Gasteiger partial charge on any atom is 0.143 e. The maximum absolute atomic E-state index is 5.62. The molecule has 0 fully saturated rings. The van der Waals surface area contributed by atoms with E-state index in [1.807, 2.05) is 0 Å². The van der Waals surface area contributed by atoms with Gasteiger partial charge in [-0.3, -0.25) is 0 Å². The minimum Gasteiger partial charge on any atom is -0.334 e. The number of hydrogen-bond donors (Lipinski definition) is 0. The zero-order valence-corrected chi connectivity index (χ0v) is 31.2. The van der Waals surface area contributed by atoms with Crippen molar-refractivity contribution in [3.8, 4) is 11.3 Å². The lowest BCUT2D eigenvalue weighted by Gasteiger charge is -2.43. The molecule has 9 aromatic rings. The first kappa shape index (κ1) is 31.0. The van der Waals surface area contributed by atoms with Crippen LogP contribution in [0.2, 0.25) is 0 Å². The molecule has 0 N–H and O–H groups in total. The van der Waals surface area contributed by atoms with Crippen LogP contribution in [0.1, 0.15) is 42.1 Å². The van der Waals surface area contributed by atoms with Crippen LogP contribution in [0.5, 0.6) is 0 Å². The third-order valence-electron chi connectivity index (χ3n) is 12.3. The summed E-state index contributed by atoms with van der Waals surface area (Å²) in [7, 11) is 0. The second kappa shape index (κ2) is 11.6. The third kappa shape index (κ3) is 4.49. The van der Waals surface area contributed by atoms with Crippen molar-refractivity contribution in [3.05, 3.63) is 184 Å². The first-order valence-electron chi connectivity index (χ1n) is 19.3. The average Bonchev–Trinajstić information content (AvgIpc) is 3.73. The summed E-state index contributed by atoms with van der Waals surface area (Å²) in [5.74, 6) is 0. The Hall–Kier alpha value is -6.36. The standard InChI is InChI=1S/C51H35N3S/c1-51-30-36-16-5-4-15-34(36)29-42(51)46-37-17-7-6-13-32(37)24-26-44(46)54(51)43-27-25-40(38-18-8-9-19-39(38)43)48-47(35-23-22-31-12-2-3-14-33(31)28-35)53-50-49(52-48)41-20-10-11-21-45(41)55-50/h2-24,26,28-29H,25,27,30H2,1H3. The molecule has 0 saturated carbocycles. The van der Waals surface area contributed by atoms with Crippen LogP contribution in [0.15, 0.2) is 152 Å². The van der Waals surface area contributed by atoms with E-state index in [4.69, 9.17) is 9.97 Å². The molecule has 1 atom stereocenters. The van der Waals surface area contributed by atoms with Crippen LogP contribution in [-0.2, 0) is 6.42 Å². The minimum absolute atomic E-state index is 0.245. The summed E-state index contributed by atoms with van der Waals surface area (Å²) in [6.07, 6.45) is 5.17. The van der Waals surface area contributed by atoms with Crippen molar-refractivity contribution >= 4 is 81.9 Å². The molecule has 2 aromatic heterocycles. The smallest absolute Gasteiger partial charge is 0.143 e. The summed E-state index contributed by atoms with van der Waals surface area (Å²) in [4.78, 5) is 14.8. The molecule has 7 aromatic carbocycles. The van der Waals surface area contributed by atoms with Gasteiger partial charge in [0.2, 0.25) is 0 Å². The lowest BCUT2D eigenvalue weighted by Crippen LogP contribution is -2.49. The van der Waals surface area contributed by atoms with Crippen molar-refractivity contribution in [1.82, 2.24) is 9.97 Å². The van der Waals surface area contributed by atoms with Crippen LogP contribution in [0, 0.1) is 0 Å². The van der Waals surface area contributed by atoms with Gasteiger partial charge in [0.05, 0.1) is 16.9 Å². The van der Waals surface area contributed by atoms with Gasteiger partial charge in [-0.1, -0.05) is 133 Å². The Balaban J connectivity index is 1.15. The average molecular weight is 722 g/mol. The topological polar surface area (TPSA) is 29.0 Å². The quantitative estimate of drug-likeness (QED) is 0.182. The summed E-state index contributed by atoms with van der Waals surface area (Å²) < 4.78 is 1.22. The fraction of sp³-hybridized carbons (Fsp3) is 0.0980. The fourth-order valence-corrected chi connectivity index (χ4v) is 10.9. The van der Waals surface area contributed by atoms with Gasteiger partial charge < -0.3 is 4.90 Å². The van der Waals surface area contributed by atoms with Crippen molar-refractivity contribution in [3.63, 3.8) is 0 Å². The van der Waals surface area contributed by atoms with Gasteiger partial charge >= 0.3 is 0 Å². The summed E-state index contributed by atoms with van der Waals surface area (Å²) in [6, 6.07) is 55.5. The van der Waals surface area contributed by atoms with Crippen LogP contribution in [-0.4, -0.2) is 15.5 Å². The van der Waals surface area contributed by atoms with Gasteiger partial charge in [-0.25, -0.2) is 9.97 Å². The number of fused-ring (bicyclic) bond motifs is 11. The lowest BCUT2D eigenvalue weighted by molar-refractivity contribution is 0.589. The van der Waals surface area contributed by atoms with Gasteiger partial charge in [0.1, 0.15) is 10.3 Å². The predicted molar refractivity (Wildman–Crippen MR) is 232 cm³/mol. The Morgan fingerprint density at radius 1 is 0.618 bits per heavy atom. The zero-order valence-electron chi connectivity index (χ0n) is 30.4. The van der Waals surface area contributed by atoms with Crippen molar-refractivity contribution in [1.29, 1.82) is 0 Å². The molecule has 0 saturated heterocycles. The largest absolute Gasteiger partial charge is 0.334 e. The Kier molecular flexibility index (Phi) is 6.53. The van der Waals surface area contributed by atoms with Crippen molar-refractivity contribution in [2.24, 2.45) is 0 Å². The van der Waals surface area contributed by atoms with Gasteiger partial charge in [0, 0.05) is 44.2 Å². The Labute approximate surface area is 322 Å². The van der Waals surface area contributed by atoms with Gasteiger partial charge in [0.25, 0.3) is 0 Å². The van der Waals surface area contributed by atoms with Gasteiger partial charge in [-0.05, 0) is 93.1 Å². The van der Waals surface area contributed by atoms with Crippen LogP contribution in [0.25, 0.3) is 76.2 Å². The molecule has 55 heavy (non-hydrogen) atoms. The Morgan fingerprint density at radius 3 is 2.25 bits per heavy atom. The van der Waals surface area contributed by atoms with Gasteiger partial charge in [-0.2, -0.15) is 0 Å². The fourth-order valence-electron chi connectivity index (χ4n) is 9.85. The number of rotatable bonds is 3. The van der Waals surface area contributed by atoms with E-state index >= 15 is 0 Å². The van der Waals surface area contributed by atoms with E-state index in [0.29, 0.717) is 0 Å². The molecule has 12 rings (SSSR count). The molecule has 0 radical (unpaired) electrons. The molecule has 1 unspecified atom stereocenters. The molecule has 1 aliphatic heterocycles. The number of nitrogens with zero attached hydrogens (tertiary/aromatic N) is 3. The van der Waals surface area contributed by atoms with E-state index in [-0.39, 0.29) is 5.54 Å². The zero-order chi connectivity index (χ0) is 36.3. The number of anilines is 1. The molecule has 3 nitrogen and oxygen atoms in total. The van der Waals surface area contributed by atoms with Gasteiger partial charge in [0.15, 0.2) is 0 Å². The van der Waals surface area contributed by atoms with Crippen molar-refractivity contribution in [2.75, 3.05) is 4.90 Å². The van der Waals surface area contributed by atoms with Crippen LogP contribution >= 0.6 is 11.3 Å². The van der Waals surface area contributed by atoms with Gasteiger partial charge in [-0.15, -0.1) is 11.3 Å². The summed E-state index contributed by atoms with van der Waals surface area (Å²) >= 11 is 1.73. The van der Waals surface area contributed by atoms with Crippen molar-refractivity contribution in [2.45, 2.75) is 31.7 Å². The number of thiophene rings is 1. The maximum atomic E-state index is 5.62. The summed E-state index contributed by atoms with van der Waals surface area (Å²) in [6.45, 7) is 2.47. The van der Waals surface area contributed by atoms with Crippen molar-refractivity contribution < 1.29 is 0 Å². The lowest BCUT2D eigenvalue weighted by atomic mass is 9.76. The first-order valence-corrected chi connectivity index (χ1v) is 20.1. The monoisotopic (exact) mass is 721 g/mol. The number of benzene rings is 7. The van der Waals surface area contributed by atoms with E-state index in [1.165, 1.54) is 81.3 Å². The van der Waals surface area contributed by atoms with E-state index < -0.39 is 0 Å². The highest BCUT2D eigenvalue weighted by atomic mass is 32.1. The summed E-state index contributed by atoms with van der Waals surface area (Å²) in [5, 5.41) is 8.74. The molecule has 0 bridgehead atoms. The molecule has 0 amide bonds. The molecule has 3 aliphatic rings. The van der Waals surface area contributed by atoms with E-state index in [0.717, 1.165) is 46.6 Å². The SMILES string of the molecule is CC12Cc3ccccc3C=C1c1c(ccc3ccccc13)N2C1=c2ccccc2=C(c2nc3c(nc2-c2ccc4ccccc4c2)sc2ccccc23)CC1. The predicted octanol–water partition coefficient (Wildman–Crippen LogP) is 11.3. The normalized spacial score (nSPS) is 17.4. The van der Waals surface area contributed by atoms with E-state index in [2.05, 4.69) is 170 Å². The second-order valence-corrected chi connectivity index (χ2v) is 16.5. The highest BCUT2D eigenvalue weighted by Crippen LogP contribution is 2.56. The molecular weight excluding hydrogens is 687 g/mol. The number of aromatic nitrogens is 2. The third-order valence-corrected chi connectivity index (χ3v) is 13.4. The molecule has 3 heterocycles. The highest BCUT2D eigenvalue weighted by Gasteiger charge is 2.48. The highest BCUT2D eigenvalue weighted by molar-refractivity contribution is 7.25. The molecule has 2 aliphatic carbocycles. The van der Waals surface area contributed by atoms with E-state index in [1.54, 1.807) is 11.3 Å².